The Labute approximate surface area is 73.2 Å². The fourth-order valence-electron chi connectivity index (χ4n) is 0.763. The number of hydrogen-bond acceptors (Lipinski definition) is 2. The maximum atomic E-state index is 9.27. The Morgan fingerprint density at radius 2 is 2.10 bits per heavy atom. The van der Waals surface area contributed by atoms with Crippen LogP contribution in [0.5, 0.6) is 5.75 Å². The molecule has 0 aliphatic carbocycles. The van der Waals surface area contributed by atoms with Crippen LogP contribution in [0.2, 0.25) is 0 Å². The lowest BCUT2D eigenvalue weighted by Crippen LogP contribution is -1.87. The average Bonchev–Trinajstić information content (AvgIpc) is 1.82. The van der Waals surface area contributed by atoms with Gasteiger partial charge in [-0.15, -0.1) is 0 Å². The van der Waals surface area contributed by atoms with Gasteiger partial charge in [0.25, 0.3) is 0 Å². The highest BCUT2D eigenvalue weighted by molar-refractivity contribution is 14.1. The summed E-state index contributed by atoms with van der Waals surface area (Å²) >= 11 is 2.05. The van der Waals surface area contributed by atoms with Gasteiger partial charge in [0.2, 0.25) is 0 Å². The van der Waals surface area contributed by atoms with Gasteiger partial charge in [0.05, 0.1) is 3.57 Å². The van der Waals surface area contributed by atoms with Gasteiger partial charge in [-0.2, -0.15) is 0 Å². The molecule has 0 unspecified atom stereocenters. The Morgan fingerprint density at radius 3 is 2.60 bits per heavy atom. The quantitative estimate of drug-likeness (QED) is 0.419. The summed E-state index contributed by atoms with van der Waals surface area (Å²) in [5.41, 5.74) is 7.03. The van der Waals surface area contributed by atoms with E-state index in [0.29, 0.717) is 11.4 Å². The summed E-state index contributed by atoms with van der Waals surface area (Å²) in [6.07, 6.45) is 0. The standard InChI is InChI=1S/C7H8INO/c1-4-2-5(9)3-6(8)7(4)10/h2-3,10H,9H2,1H3. The third kappa shape index (κ3) is 1.34. The maximum absolute atomic E-state index is 9.27. The van der Waals surface area contributed by atoms with Gasteiger partial charge >= 0.3 is 0 Å². The predicted molar refractivity (Wildman–Crippen MR) is 50.0 cm³/mol. The van der Waals surface area contributed by atoms with Crippen molar-refractivity contribution in [2.75, 3.05) is 5.73 Å². The van der Waals surface area contributed by atoms with Gasteiger partial charge in [-0.25, -0.2) is 0 Å². The minimum absolute atomic E-state index is 0.329. The van der Waals surface area contributed by atoms with Crippen molar-refractivity contribution in [2.24, 2.45) is 0 Å². The number of rotatable bonds is 0. The number of aryl methyl sites for hydroxylation is 1. The highest BCUT2D eigenvalue weighted by Crippen LogP contribution is 2.25. The second kappa shape index (κ2) is 2.65. The van der Waals surface area contributed by atoms with Crippen LogP contribution < -0.4 is 5.73 Å². The zero-order valence-corrected chi connectivity index (χ0v) is 7.71. The summed E-state index contributed by atoms with van der Waals surface area (Å²) < 4.78 is 0.801. The van der Waals surface area contributed by atoms with Crippen LogP contribution in [0.3, 0.4) is 0 Å². The smallest absolute Gasteiger partial charge is 0.131 e. The number of aromatic hydroxyl groups is 1. The summed E-state index contributed by atoms with van der Waals surface area (Å²) in [6.45, 7) is 1.83. The highest BCUT2D eigenvalue weighted by atomic mass is 127. The van der Waals surface area contributed by atoms with E-state index in [4.69, 9.17) is 5.73 Å². The molecular weight excluding hydrogens is 241 g/mol. The second-order valence-corrected chi connectivity index (χ2v) is 3.33. The first-order valence-corrected chi connectivity index (χ1v) is 3.93. The Morgan fingerprint density at radius 1 is 1.50 bits per heavy atom. The number of phenols is 1. The van der Waals surface area contributed by atoms with E-state index in [1.54, 1.807) is 12.1 Å². The zero-order chi connectivity index (χ0) is 7.72. The molecule has 0 saturated heterocycles. The minimum atomic E-state index is 0.329. The molecule has 54 valence electrons. The monoisotopic (exact) mass is 249 g/mol. The molecule has 0 amide bonds. The van der Waals surface area contributed by atoms with Crippen LogP contribution in [0.1, 0.15) is 5.56 Å². The SMILES string of the molecule is Cc1cc(N)cc(I)c1O. The van der Waals surface area contributed by atoms with Crippen molar-refractivity contribution in [3.8, 4) is 5.75 Å². The van der Waals surface area contributed by atoms with Crippen molar-refractivity contribution < 1.29 is 5.11 Å². The van der Waals surface area contributed by atoms with E-state index in [1.807, 2.05) is 29.5 Å². The Hall–Kier alpha value is -0.450. The van der Waals surface area contributed by atoms with Gasteiger partial charge in [-0.3, -0.25) is 0 Å². The first-order chi connectivity index (χ1) is 4.61. The third-order valence-electron chi connectivity index (χ3n) is 1.28. The van der Waals surface area contributed by atoms with E-state index in [9.17, 15) is 5.11 Å². The maximum Gasteiger partial charge on any atom is 0.131 e. The molecule has 0 radical (unpaired) electrons. The normalized spacial score (nSPS) is 9.80. The lowest BCUT2D eigenvalue weighted by molar-refractivity contribution is 0.467. The number of hydrogen-bond donors (Lipinski definition) is 2. The third-order valence-corrected chi connectivity index (χ3v) is 2.10. The number of anilines is 1. The van der Waals surface area contributed by atoms with Crippen LogP contribution in [0.15, 0.2) is 12.1 Å². The molecule has 0 aliphatic rings. The molecule has 0 fully saturated rings. The summed E-state index contributed by atoms with van der Waals surface area (Å²) in [5.74, 6) is 0.329. The minimum Gasteiger partial charge on any atom is -0.507 e. The molecule has 0 aliphatic heterocycles. The molecular formula is C7H8INO. The van der Waals surface area contributed by atoms with E-state index in [2.05, 4.69) is 0 Å². The molecule has 3 heteroatoms. The van der Waals surface area contributed by atoms with Gasteiger partial charge in [0.15, 0.2) is 0 Å². The lowest BCUT2D eigenvalue weighted by atomic mass is 10.2. The second-order valence-electron chi connectivity index (χ2n) is 2.17. The molecule has 1 rings (SSSR count). The van der Waals surface area contributed by atoms with E-state index >= 15 is 0 Å². The van der Waals surface area contributed by atoms with Crippen LogP contribution in [-0.4, -0.2) is 5.11 Å². The molecule has 2 nitrogen and oxygen atoms in total. The van der Waals surface area contributed by atoms with Crippen molar-refractivity contribution in [3.05, 3.63) is 21.3 Å². The first kappa shape index (κ1) is 7.65. The van der Waals surface area contributed by atoms with Crippen LogP contribution in [0.4, 0.5) is 5.69 Å². The molecule has 1 aromatic carbocycles. The number of nitrogen functional groups attached to an aromatic ring is 1. The molecule has 0 atom stereocenters. The Bertz CT molecular complexity index is 237. The van der Waals surface area contributed by atoms with Gasteiger partial charge in [-0.05, 0) is 47.2 Å². The molecule has 0 saturated carbocycles. The average molecular weight is 249 g/mol. The highest BCUT2D eigenvalue weighted by Gasteiger charge is 2.00. The predicted octanol–water partition coefficient (Wildman–Crippen LogP) is 1.89. The Kier molecular flexibility index (Phi) is 2.03. The summed E-state index contributed by atoms with van der Waals surface area (Å²) in [7, 11) is 0. The first-order valence-electron chi connectivity index (χ1n) is 2.86. The fraction of sp³-hybridized carbons (Fsp3) is 0.143. The molecule has 0 bridgehead atoms. The molecule has 0 spiro atoms. The summed E-state index contributed by atoms with van der Waals surface area (Å²) in [5, 5.41) is 9.27. The van der Waals surface area contributed by atoms with Gasteiger partial charge < -0.3 is 10.8 Å². The molecule has 0 heterocycles. The van der Waals surface area contributed by atoms with Crippen molar-refractivity contribution in [2.45, 2.75) is 6.92 Å². The number of halogens is 1. The number of nitrogens with two attached hydrogens (primary N) is 1. The Balaban J connectivity index is 3.31. The van der Waals surface area contributed by atoms with Crippen LogP contribution in [-0.2, 0) is 0 Å². The number of benzene rings is 1. The molecule has 1 aromatic rings. The van der Waals surface area contributed by atoms with Crippen molar-refractivity contribution in [1.29, 1.82) is 0 Å². The van der Waals surface area contributed by atoms with E-state index in [1.165, 1.54) is 0 Å². The van der Waals surface area contributed by atoms with E-state index < -0.39 is 0 Å². The topological polar surface area (TPSA) is 46.2 Å². The van der Waals surface area contributed by atoms with Gasteiger partial charge in [0, 0.05) is 5.69 Å². The molecule has 0 aromatic heterocycles. The van der Waals surface area contributed by atoms with Gasteiger partial charge in [-0.1, -0.05) is 0 Å². The fourth-order valence-corrected chi connectivity index (χ4v) is 1.55. The van der Waals surface area contributed by atoms with Gasteiger partial charge in [0.1, 0.15) is 5.75 Å². The largest absolute Gasteiger partial charge is 0.507 e. The van der Waals surface area contributed by atoms with Crippen LogP contribution in [0, 0.1) is 10.5 Å². The van der Waals surface area contributed by atoms with Crippen LogP contribution in [0.25, 0.3) is 0 Å². The van der Waals surface area contributed by atoms with Crippen molar-refractivity contribution in [1.82, 2.24) is 0 Å². The summed E-state index contributed by atoms with van der Waals surface area (Å²) in [6, 6.07) is 3.49. The lowest BCUT2D eigenvalue weighted by Gasteiger charge is -2.01. The zero-order valence-electron chi connectivity index (χ0n) is 5.56. The number of phenolic OH excluding ortho intramolecular Hbond substituents is 1. The van der Waals surface area contributed by atoms with E-state index in [-0.39, 0.29) is 0 Å². The van der Waals surface area contributed by atoms with Crippen molar-refractivity contribution >= 4 is 28.3 Å². The summed E-state index contributed by atoms with van der Waals surface area (Å²) in [4.78, 5) is 0. The molecule has 10 heavy (non-hydrogen) atoms. The van der Waals surface area contributed by atoms with E-state index in [0.717, 1.165) is 9.13 Å². The van der Waals surface area contributed by atoms with Crippen LogP contribution >= 0.6 is 22.6 Å². The molecule has 3 N–H and O–H groups in total. The van der Waals surface area contributed by atoms with Crippen molar-refractivity contribution in [3.63, 3.8) is 0 Å².